The molecule has 0 saturated heterocycles. The van der Waals surface area contributed by atoms with E-state index in [1.54, 1.807) is 6.92 Å². The zero-order chi connectivity index (χ0) is 101. The second kappa shape index (κ2) is 52.3. The highest BCUT2D eigenvalue weighted by Gasteiger charge is 2.36. The van der Waals surface area contributed by atoms with Crippen LogP contribution in [0.3, 0.4) is 0 Å². The van der Waals surface area contributed by atoms with Crippen molar-refractivity contribution < 1.29 is 67.1 Å². The molecule has 0 N–H and O–H groups in total. The molecule has 0 amide bonds. The molecule has 14 nitrogen and oxygen atoms in total. The average Bonchev–Trinajstić information content (AvgIpc) is 0.779. The van der Waals surface area contributed by atoms with Gasteiger partial charge in [0, 0.05) is 94.7 Å². The van der Waals surface area contributed by atoms with Crippen LogP contribution in [0.1, 0.15) is 164 Å². The van der Waals surface area contributed by atoms with Gasteiger partial charge in [0.25, 0.3) is 0 Å². The standard InChI is InChI=1S/C24H24O2.C20H24O2.C18H12O2S2.C18H12O2S.C18H12O2.C13H10O2.C12H15ClO2/c1-3-5-17-7-11-19(12-8-17)21-15-24(26)22(16-23(21)25)20-13-9-18(6-4-2)10-14-20;1-19(2,3)13-20(4,5)16-12-17(21)15(11-18(16)22)14-9-7-6-8-10-14;19-15-12-18(22-14-9-5-2-6-10-14)16(20)11-17(15)21-13-7-3-1-4-8-13;19-16-12-18(21-14-9-5-2-6-10-14)17(20)11-15(16)13-7-3-1-4-8-13;19-17-12-16(14-9-5-2-6-10-14)18(20)11-15(17)13-7-3-1-4-8-13;1-9-7-13(15)11(8-12(9)14)10-5-3-2-4-6-10;1-2-3-4-5-6-9-7-12(15)10(13)8-11(9)14/h7-16H,3-6H2,1-2H3;6-12H,13H2,1-5H3;1-12H;1-12H;1-12H;2-8H,1H3;7-8H,2-6H2,1H3. The minimum atomic E-state index is -0.316. The van der Waals surface area contributed by atoms with Gasteiger partial charge in [0.2, 0.25) is 0 Å². The fourth-order valence-electron chi connectivity index (χ4n) is 15.9. The number of aryl methyl sites for hydroxylation is 2. The van der Waals surface area contributed by atoms with Gasteiger partial charge in [-0.15, -0.1) is 0 Å². The summed E-state index contributed by atoms with van der Waals surface area (Å²) in [5, 5.41) is 0.0253. The predicted molar refractivity (Wildman–Crippen MR) is 571 cm³/mol. The molecule has 17 rings (SSSR count). The minimum Gasteiger partial charge on any atom is -0.290 e. The molecule has 10 aromatic carbocycles. The maximum atomic E-state index is 12.6. The summed E-state index contributed by atoms with van der Waals surface area (Å²) in [4.78, 5) is 174. The van der Waals surface area contributed by atoms with Gasteiger partial charge in [0.05, 0.1) is 19.7 Å². The van der Waals surface area contributed by atoms with Gasteiger partial charge in [-0.05, 0) is 197 Å². The van der Waals surface area contributed by atoms with Crippen LogP contribution in [0.4, 0.5) is 0 Å². The van der Waals surface area contributed by atoms with Crippen molar-refractivity contribution in [3.05, 3.63) is 463 Å². The lowest BCUT2D eigenvalue weighted by molar-refractivity contribution is -0.115. The van der Waals surface area contributed by atoms with Crippen molar-refractivity contribution in [1.29, 1.82) is 0 Å². The Kier molecular flexibility index (Phi) is 39.6. The Hall–Kier alpha value is -14.7. The van der Waals surface area contributed by atoms with Gasteiger partial charge >= 0.3 is 0 Å². The molecule has 0 spiro atoms. The summed E-state index contributed by atoms with van der Waals surface area (Å²) in [7, 11) is 0. The number of benzene rings is 10. The molecule has 710 valence electrons. The van der Waals surface area contributed by atoms with Crippen LogP contribution in [0.25, 0.3) is 39.0 Å². The minimum absolute atomic E-state index is 0.0253. The summed E-state index contributed by atoms with van der Waals surface area (Å²) in [6.07, 6.45) is 30.1. The van der Waals surface area contributed by atoms with Crippen LogP contribution >= 0.6 is 46.9 Å². The highest BCUT2D eigenvalue weighted by molar-refractivity contribution is 8.05. The largest absolute Gasteiger partial charge is 0.290 e. The lowest BCUT2D eigenvalue weighted by Gasteiger charge is -2.34. The van der Waals surface area contributed by atoms with Crippen molar-refractivity contribution in [1.82, 2.24) is 0 Å². The molecule has 0 radical (unpaired) electrons. The zero-order valence-electron chi connectivity index (χ0n) is 80.2. The van der Waals surface area contributed by atoms with E-state index < -0.39 is 0 Å². The van der Waals surface area contributed by atoms with Crippen molar-refractivity contribution in [3.63, 3.8) is 0 Å². The molecule has 18 heteroatoms. The normalized spacial score (nSPS) is 15.2. The lowest BCUT2D eigenvalue weighted by Crippen LogP contribution is -2.29. The van der Waals surface area contributed by atoms with Crippen molar-refractivity contribution in [3.8, 4) is 0 Å². The molecule has 0 aromatic heterocycles. The van der Waals surface area contributed by atoms with Crippen LogP contribution in [-0.4, -0.2) is 81.0 Å². The molecule has 0 fully saturated rings. The molecule has 141 heavy (non-hydrogen) atoms. The van der Waals surface area contributed by atoms with Crippen LogP contribution in [0.2, 0.25) is 0 Å². The Morgan fingerprint density at radius 3 is 0.823 bits per heavy atom. The van der Waals surface area contributed by atoms with E-state index in [1.165, 1.54) is 138 Å². The molecule has 0 heterocycles. The number of unbranched alkanes of at least 4 members (excludes halogenated alkanes) is 3. The van der Waals surface area contributed by atoms with Crippen molar-refractivity contribution in [2.45, 2.75) is 141 Å². The SMILES string of the molecule is CC(C)(C)CC(C)(C)C1=CC(=O)C(c2ccccc2)=CC1=O.CC1=CC(=O)C(c2ccccc2)=CC1=O.CCCCCCC1=CC(=O)C(Cl)=CC1=O.CCCc1ccc(C2=CC(=O)C(c3ccc(CCC)cc3)=CC2=O)cc1.O=C1C=C(Sc2ccccc2)C(=O)C=C1Sc1ccccc1.O=C1C=C(c2ccccc2)C(=O)C=C1Sc1ccccc1.O=C1C=C(c2ccccc2)C(=O)C=C1c1ccccc1. The summed E-state index contributed by atoms with van der Waals surface area (Å²) >= 11 is 9.52. The first kappa shape index (κ1) is 107. The number of ketones is 14. The molecule has 0 bridgehead atoms. The van der Waals surface area contributed by atoms with E-state index in [1.807, 2.05) is 305 Å². The monoisotopic (exact) mass is 1940 g/mol. The van der Waals surface area contributed by atoms with Crippen LogP contribution in [0, 0.1) is 10.8 Å². The topological polar surface area (TPSA) is 239 Å². The molecular weight excluding hydrogens is 1830 g/mol. The highest BCUT2D eigenvalue weighted by Crippen LogP contribution is 2.43. The molecule has 7 aliphatic rings. The Balaban J connectivity index is 0.000000158. The number of hydrogen-bond donors (Lipinski definition) is 0. The Morgan fingerprint density at radius 1 is 0.234 bits per heavy atom. The molecule has 0 atom stereocenters. The number of thioether (sulfide) groups is 3. The number of carbonyl (C=O) groups is 14. The van der Waals surface area contributed by atoms with E-state index in [0.717, 1.165) is 105 Å². The molecule has 10 aromatic rings. The summed E-state index contributed by atoms with van der Waals surface area (Å²) < 4.78 is 0. The summed E-state index contributed by atoms with van der Waals surface area (Å²) in [6.45, 7) is 18.6. The van der Waals surface area contributed by atoms with Crippen molar-refractivity contribution in [2.75, 3.05) is 0 Å². The first-order valence-corrected chi connectivity index (χ1v) is 49.5. The second-order valence-corrected chi connectivity index (χ2v) is 39.2. The van der Waals surface area contributed by atoms with Gasteiger partial charge in [-0.25, -0.2) is 0 Å². The van der Waals surface area contributed by atoms with Crippen LogP contribution in [0.15, 0.2) is 427 Å². The van der Waals surface area contributed by atoms with Gasteiger partial charge in [0.1, 0.15) is 0 Å². The first-order chi connectivity index (χ1) is 67.8. The number of carbonyl (C=O) groups excluding carboxylic acids is 14. The molecule has 0 unspecified atom stereocenters. The summed E-state index contributed by atoms with van der Waals surface area (Å²) in [6, 6.07) is 90.9. The van der Waals surface area contributed by atoms with Crippen molar-refractivity contribution >= 4 is 167 Å². The van der Waals surface area contributed by atoms with Gasteiger partial charge in [-0.3, -0.25) is 67.1 Å². The van der Waals surface area contributed by atoms with E-state index in [0.29, 0.717) is 76.9 Å². The average molecular weight is 1940 g/mol. The Bertz CT molecular complexity index is 6650. The maximum Gasteiger partial charge on any atom is 0.197 e. The third kappa shape index (κ3) is 31.6. The predicted octanol–water partition coefficient (Wildman–Crippen LogP) is 26.8. The van der Waals surface area contributed by atoms with E-state index in [2.05, 4.69) is 41.5 Å². The fourth-order valence-corrected chi connectivity index (χ4v) is 18.7. The van der Waals surface area contributed by atoms with Crippen LogP contribution < -0.4 is 0 Å². The lowest BCUT2D eigenvalue weighted by atomic mass is 9.69. The van der Waals surface area contributed by atoms with Crippen molar-refractivity contribution in [2.24, 2.45) is 10.8 Å². The van der Waals surface area contributed by atoms with E-state index in [9.17, 15) is 67.1 Å². The van der Waals surface area contributed by atoms with Crippen LogP contribution in [-0.2, 0) is 80.0 Å². The van der Waals surface area contributed by atoms with E-state index in [4.69, 9.17) is 11.6 Å². The van der Waals surface area contributed by atoms with E-state index in [-0.39, 0.29) is 96.8 Å². The number of rotatable bonds is 24. The number of allylic oxidation sites excluding steroid dienone is 28. The molecular formula is C123H109ClO14S3. The third-order valence-electron chi connectivity index (χ3n) is 22.6. The summed E-state index contributed by atoms with van der Waals surface area (Å²) in [5.74, 6) is -1.65. The van der Waals surface area contributed by atoms with Gasteiger partial charge in [-0.1, -0.05) is 389 Å². The first-order valence-electron chi connectivity index (χ1n) is 46.7. The Labute approximate surface area is 842 Å². The number of hydrogen-bond acceptors (Lipinski definition) is 17. The maximum absolute atomic E-state index is 12.6. The van der Waals surface area contributed by atoms with Gasteiger partial charge < -0.3 is 0 Å². The van der Waals surface area contributed by atoms with E-state index >= 15 is 0 Å². The molecule has 7 aliphatic carbocycles. The van der Waals surface area contributed by atoms with Gasteiger partial charge in [0.15, 0.2) is 81.0 Å². The second-order valence-electron chi connectivity index (χ2n) is 35.5. The zero-order valence-corrected chi connectivity index (χ0v) is 83.4. The van der Waals surface area contributed by atoms with Gasteiger partial charge in [-0.2, -0.15) is 0 Å². The quantitative estimate of drug-likeness (QED) is 0.0403. The fraction of sp³-hybridized carbons (Fsp3) is 0.171. The third-order valence-corrected chi connectivity index (χ3v) is 26.1. The van der Waals surface area contributed by atoms with Crippen LogP contribution in [0.5, 0.6) is 0 Å². The highest BCUT2D eigenvalue weighted by atomic mass is 35.5. The molecule has 0 saturated carbocycles. The summed E-state index contributed by atoms with van der Waals surface area (Å²) in [5.41, 5.74) is 12.8. The number of halogens is 1. The smallest absolute Gasteiger partial charge is 0.197 e. The molecule has 0 aliphatic heterocycles. The Morgan fingerprint density at radius 2 is 0.504 bits per heavy atom.